The van der Waals surface area contributed by atoms with Crippen LogP contribution in [-0.4, -0.2) is 26.8 Å². The second-order valence-electron chi connectivity index (χ2n) is 3.83. The standard InChI is InChI=1S/C11H10IN3O3S/c1-15-4-7(3-13-15)9(11(17)18)14-10(16)6-2-8(12)19-5-6/h2-5,9H,1H3,(H,14,16)(H,17,18). The number of aromatic nitrogens is 2. The number of carbonyl (C=O) groups excluding carboxylic acids is 1. The molecule has 0 aliphatic carbocycles. The van der Waals surface area contributed by atoms with E-state index >= 15 is 0 Å². The minimum Gasteiger partial charge on any atom is -0.479 e. The molecule has 0 saturated carbocycles. The molecular formula is C11H10IN3O3S. The van der Waals surface area contributed by atoms with Crippen LogP contribution in [0.25, 0.3) is 0 Å². The Kier molecular flexibility index (Phi) is 4.20. The second-order valence-corrected chi connectivity index (χ2v) is 6.64. The van der Waals surface area contributed by atoms with Gasteiger partial charge in [0.15, 0.2) is 6.04 Å². The molecule has 2 rings (SSSR count). The fourth-order valence-electron chi connectivity index (χ4n) is 1.52. The van der Waals surface area contributed by atoms with Gasteiger partial charge in [0.05, 0.1) is 14.6 Å². The third kappa shape index (κ3) is 3.32. The SMILES string of the molecule is Cn1cc(C(NC(=O)c2csc(I)c2)C(=O)O)cn1. The molecule has 0 aromatic carbocycles. The van der Waals surface area contributed by atoms with Crippen LogP contribution >= 0.6 is 33.9 Å². The number of amides is 1. The lowest BCUT2D eigenvalue weighted by molar-refractivity contribution is -0.139. The number of nitrogens with one attached hydrogen (secondary N) is 1. The maximum Gasteiger partial charge on any atom is 0.331 e. The molecule has 19 heavy (non-hydrogen) atoms. The molecule has 0 aliphatic heterocycles. The Morgan fingerprint density at radius 1 is 1.58 bits per heavy atom. The van der Waals surface area contributed by atoms with Crippen LogP contribution in [0.1, 0.15) is 22.0 Å². The Bertz CT molecular complexity index is 622. The van der Waals surface area contributed by atoms with Gasteiger partial charge in [0.1, 0.15) is 0 Å². The predicted molar refractivity (Wildman–Crippen MR) is 78.1 cm³/mol. The maximum absolute atomic E-state index is 12.0. The number of thiophene rings is 1. The number of aliphatic carboxylic acids is 1. The van der Waals surface area contributed by atoms with Crippen molar-refractivity contribution in [1.82, 2.24) is 15.1 Å². The van der Waals surface area contributed by atoms with E-state index in [1.54, 1.807) is 24.7 Å². The third-order valence-corrected chi connectivity index (χ3v) is 4.20. The summed E-state index contributed by atoms with van der Waals surface area (Å²) in [6, 6.07) is 0.613. The largest absolute Gasteiger partial charge is 0.479 e. The zero-order chi connectivity index (χ0) is 14.0. The van der Waals surface area contributed by atoms with Gasteiger partial charge in [0.2, 0.25) is 0 Å². The first kappa shape index (κ1) is 14.0. The highest BCUT2D eigenvalue weighted by molar-refractivity contribution is 14.1. The molecule has 1 amide bonds. The van der Waals surface area contributed by atoms with Crippen LogP contribution in [0.5, 0.6) is 0 Å². The van der Waals surface area contributed by atoms with Crippen molar-refractivity contribution in [2.75, 3.05) is 0 Å². The van der Waals surface area contributed by atoms with E-state index in [1.165, 1.54) is 22.2 Å². The number of aryl methyl sites for hydroxylation is 1. The van der Waals surface area contributed by atoms with Crippen molar-refractivity contribution in [2.24, 2.45) is 7.05 Å². The Labute approximate surface area is 126 Å². The summed E-state index contributed by atoms with van der Waals surface area (Å²) < 4.78 is 2.46. The quantitative estimate of drug-likeness (QED) is 0.777. The number of rotatable bonds is 4. The summed E-state index contributed by atoms with van der Waals surface area (Å²) >= 11 is 3.53. The van der Waals surface area contributed by atoms with Crippen molar-refractivity contribution in [3.63, 3.8) is 0 Å². The molecule has 0 radical (unpaired) electrons. The Balaban J connectivity index is 2.18. The molecule has 1 atom stereocenters. The van der Waals surface area contributed by atoms with E-state index in [2.05, 4.69) is 33.0 Å². The molecule has 0 bridgehead atoms. The number of hydrogen-bond acceptors (Lipinski definition) is 4. The van der Waals surface area contributed by atoms with Crippen LogP contribution in [0.15, 0.2) is 23.8 Å². The summed E-state index contributed by atoms with van der Waals surface area (Å²) in [6.45, 7) is 0. The molecule has 8 heteroatoms. The van der Waals surface area contributed by atoms with Crippen LogP contribution in [0.4, 0.5) is 0 Å². The number of carboxylic acid groups (broad SMARTS) is 1. The van der Waals surface area contributed by atoms with Crippen molar-refractivity contribution in [2.45, 2.75) is 6.04 Å². The first-order valence-electron chi connectivity index (χ1n) is 5.23. The van der Waals surface area contributed by atoms with Crippen molar-refractivity contribution >= 4 is 45.8 Å². The number of carbonyl (C=O) groups is 2. The molecule has 0 spiro atoms. The lowest BCUT2D eigenvalue weighted by Crippen LogP contribution is -2.33. The highest BCUT2D eigenvalue weighted by atomic mass is 127. The van der Waals surface area contributed by atoms with E-state index in [9.17, 15) is 14.7 Å². The van der Waals surface area contributed by atoms with Crippen LogP contribution in [-0.2, 0) is 11.8 Å². The summed E-state index contributed by atoms with van der Waals surface area (Å²) in [4.78, 5) is 23.2. The molecule has 2 aromatic rings. The molecular weight excluding hydrogens is 381 g/mol. The second kappa shape index (κ2) is 5.70. The summed E-state index contributed by atoms with van der Waals surface area (Å²) in [6.07, 6.45) is 2.99. The third-order valence-electron chi connectivity index (χ3n) is 2.41. The zero-order valence-corrected chi connectivity index (χ0v) is 12.8. The van der Waals surface area contributed by atoms with Crippen LogP contribution in [0.2, 0.25) is 0 Å². The van der Waals surface area contributed by atoms with Gasteiger partial charge in [-0.2, -0.15) is 5.10 Å². The van der Waals surface area contributed by atoms with Gasteiger partial charge in [0.25, 0.3) is 5.91 Å². The number of carboxylic acids is 1. The van der Waals surface area contributed by atoms with Crippen LogP contribution < -0.4 is 5.32 Å². The molecule has 2 N–H and O–H groups in total. The highest BCUT2D eigenvalue weighted by Gasteiger charge is 2.24. The van der Waals surface area contributed by atoms with Gasteiger partial charge in [-0.1, -0.05) is 0 Å². The van der Waals surface area contributed by atoms with Crippen LogP contribution in [0, 0.1) is 2.88 Å². The van der Waals surface area contributed by atoms with E-state index in [4.69, 9.17) is 0 Å². The minimum absolute atomic E-state index is 0.407. The predicted octanol–water partition coefficient (Wildman–Crippen LogP) is 1.64. The van der Waals surface area contributed by atoms with E-state index in [0.29, 0.717) is 11.1 Å². The molecule has 2 aromatic heterocycles. The lowest BCUT2D eigenvalue weighted by atomic mass is 10.1. The fraction of sp³-hybridized carbons (Fsp3) is 0.182. The molecule has 6 nitrogen and oxygen atoms in total. The van der Waals surface area contributed by atoms with Gasteiger partial charge in [0, 0.05) is 24.2 Å². The summed E-state index contributed by atoms with van der Waals surface area (Å²) in [5.74, 6) is -1.53. The van der Waals surface area contributed by atoms with Gasteiger partial charge >= 0.3 is 5.97 Å². The smallest absolute Gasteiger partial charge is 0.331 e. The first-order valence-corrected chi connectivity index (χ1v) is 7.19. The van der Waals surface area contributed by atoms with Gasteiger partial charge in [-0.25, -0.2) is 4.79 Å². The monoisotopic (exact) mass is 391 g/mol. The lowest BCUT2D eigenvalue weighted by Gasteiger charge is -2.12. The summed E-state index contributed by atoms with van der Waals surface area (Å²) in [7, 11) is 1.69. The van der Waals surface area contributed by atoms with Gasteiger partial charge in [-0.05, 0) is 28.7 Å². The average Bonchev–Trinajstić information content (AvgIpc) is 2.94. The number of nitrogens with zero attached hydrogens (tertiary/aromatic N) is 2. The highest BCUT2D eigenvalue weighted by Crippen LogP contribution is 2.18. The topological polar surface area (TPSA) is 84.2 Å². The Hall–Kier alpha value is -1.42. The zero-order valence-electron chi connectivity index (χ0n) is 9.83. The van der Waals surface area contributed by atoms with E-state index in [0.717, 1.165) is 2.88 Å². The van der Waals surface area contributed by atoms with Crippen molar-refractivity contribution in [3.05, 3.63) is 37.9 Å². The van der Waals surface area contributed by atoms with Crippen molar-refractivity contribution < 1.29 is 14.7 Å². The summed E-state index contributed by atoms with van der Waals surface area (Å²) in [5, 5.41) is 17.3. The Morgan fingerprint density at radius 2 is 2.32 bits per heavy atom. The van der Waals surface area contributed by atoms with Gasteiger partial charge in [-0.15, -0.1) is 11.3 Å². The van der Waals surface area contributed by atoms with Gasteiger partial charge in [-0.3, -0.25) is 9.48 Å². The van der Waals surface area contributed by atoms with E-state index < -0.39 is 17.9 Å². The number of halogens is 1. The molecule has 0 fully saturated rings. The molecule has 0 aliphatic rings. The number of hydrogen-bond donors (Lipinski definition) is 2. The van der Waals surface area contributed by atoms with Crippen molar-refractivity contribution in [1.29, 1.82) is 0 Å². The normalized spacial score (nSPS) is 12.1. The van der Waals surface area contributed by atoms with Crippen LogP contribution in [0.3, 0.4) is 0 Å². The maximum atomic E-state index is 12.0. The van der Waals surface area contributed by atoms with Crippen molar-refractivity contribution in [3.8, 4) is 0 Å². The Morgan fingerprint density at radius 3 is 2.79 bits per heavy atom. The minimum atomic E-state index is -1.12. The molecule has 2 heterocycles. The van der Waals surface area contributed by atoms with E-state index in [1.807, 2.05) is 0 Å². The first-order chi connectivity index (χ1) is 8.97. The average molecular weight is 391 g/mol. The molecule has 100 valence electrons. The summed E-state index contributed by atoms with van der Waals surface area (Å²) in [5.41, 5.74) is 0.901. The van der Waals surface area contributed by atoms with Gasteiger partial charge < -0.3 is 10.4 Å². The fourth-order valence-corrected chi connectivity index (χ4v) is 2.85. The van der Waals surface area contributed by atoms with E-state index in [-0.39, 0.29) is 0 Å². The molecule has 1 unspecified atom stereocenters. The molecule has 0 saturated heterocycles.